The maximum Gasteiger partial charge on any atom is 0.326 e. The predicted molar refractivity (Wildman–Crippen MR) is 101 cm³/mol. The summed E-state index contributed by atoms with van der Waals surface area (Å²) < 4.78 is -0.114. The molecule has 0 saturated heterocycles. The number of hydrogen-bond donors (Lipinski definition) is 7. The van der Waals surface area contributed by atoms with Gasteiger partial charge < -0.3 is 35.5 Å². The average Bonchev–Trinajstić information content (AvgIpc) is 2.62. The Hall–Kier alpha value is -1.27. The van der Waals surface area contributed by atoms with Gasteiger partial charge in [0.2, 0.25) is 0 Å². The molecule has 0 aliphatic carbocycles. The molecule has 0 bridgehead atoms. The van der Waals surface area contributed by atoms with Crippen LogP contribution in [0.4, 0.5) is 0 Å². The van der Waals surface area contributed by atoms with Gasteiger partial charge in [-0.2, -0.15) is 0 Å². The summed E-state index contributed by atoms with van der Waals surface area (Å²) >= 11 is 8.95. The normalized spacial score (nSPS) is 17.0. The molecule has 146 valence electrons. The Labute approximate surface area is 161 Å². The lowest BCUT2D eigenvalue weighted by Gasteiger charge is -2.34. The number of carbonyl (C=O) groups is 1. The Balaban J connectivity index is 2.93. The molecule has 0 spiro atoms. The molecule has 0 heterocycles. The van der Waals surface area contributed by atoms with Crippen molar-refractivity contribution in [1.29, 1.82) is 0 Å². The summed E-state index contributed by atoms with van der Waals surface area (Å²) in [5, 5.41) is 57.4. The molecule has 6 N–H and O–H groups in total. The Morgan fingerprint density at radius 2 is 1.62 bits per heavy atom. The van der Waals surface area contributed by atoms with E-state index in [9.17, 15) is 30.3 Å². The van der Waals surface area contributed by atoms with Gasteiger partial charge in [0.1, 0.15) is 34.8 Å². The van der Waals surface area contributed by atoms with Crippen molar-refractivity contribution in [3.05, 3.63) is 35.9 Å². The van der Waals surface area contributed by atoms with Gasteiger partial charge in [0, 0.05) is 13.0 Å². The van der Waals surface area contributed by atoms with E-state index in [-0.39, 0.29) is 10.7 Å². The van der Waals surface area contributed by atoms with Crippen molar-refractivity contribution in [3.63, 3.8) is 0 Å². The highest BCUT2D eigenvalue weighted by molar-refractivity contribution is 8.10. The topological polar surface area (TPSA) is 142 Å². The second-order valence-corrected chi connectivity index (χ2v) is 6.89. The van der Waals surface area contributed by atoms with Gasteiger partial charge in [-0.25, -0.2) is 4.79 Å². The van der Waals surface area contributed by atoms with E-state index in [0.29, 0.717) is 0 Å². The lowest BCUT2D eigenvalue weighted by molar-refractivity contribution is -0.143. The number of thiol groups is 1. The van der Waals surface area contributed by atoms with Crippen LogP contribution in [0.3, 0.4) is 0 Å². The zero-order valence-electron chi connectivity index (χ0n) is 13.8. The number of rotatable bonds is 10. The maximum atomic E-state index is 11.7. The Bertz CT molecular complexity index is 589. The molecule has 0 amide bonds. The fraction of sp³-hybridized carbons (Fsp3) is 0.500. The number of benzene rings is 1. The summed E-state index contributed by atoms with van der Waals surface area (Å²) in [6, 6.07) is 7.61. The van der Waals surface area contributed by atoms with Crippen molar-refractivity contribution in [1.82, 2.24) is 4.90 Å². The smallest absolute Gasteiger partial charge is 0.326 e. The van der Waals surface area contributed by atoms with Gasteiger partial charge in [0.25, 0.3) is 0 Å². The van der Waals surface area contributed by atoms with Crippen LogP contribution in [0.25, 0.3) is 0 Å². The fourth-order valence-corrected chi connectivity index (χ4v) is 2.80. The van der Waals surface area contributed by atoms with Crippen LogP contribution < -0.4 is 0 Å². The monoisotopic (exact) mass is 405 g/mol. The zero-order valence-corrected chi connectivity index (χ0v) is 15.5. The molecule has 10 heteroatoms. The molecule has 0 aliphatic heterocycles. The number of aliphatic hydroxyl groups is 5. The van der Waals surface area contributed by atoms with Crippen molar-refractivity contribution < 1.29 is 35.4 Å². The number of carboxylic acid groups (broad SMARTS) is 1. The quantitative estimate of drug-likeness (QED) is 0.185. The van der Waals surface area contributed by atoms with E-state index in [1.165, 1.54) is 0 Å². The van der Waals surface area contributed by atoms with Crippen molar-refractivity contribution in [2.45, 2.75) is 36.9 Å². The van der Waals surface area contributed by atoms with Crippen LogP contribution in [-0.4, -0.2) is 89.4 Å². The minimum absolute atomic E-state index is 0.0709. The molecule has 5 atom stereocenters. The van der Waals surface area contributed by atoms with Crippen molar-refractivity contribution >= 4 is 35.1 Å². The number of hydrogen-bond acceptors (Lipinski definition) is 7. The van der Waals surface area contributed by atoms with Crippen LogP contribution in [-0.2, 0) is 11.2 Å². The van der Waals surface area contributed by atoms with Gasteiger partial charge in [-0.15, -0.1) is 12.6 Å². The van der Waals surface area contributed by atoms with Gasteiger partial charge >= 0.3 is 5.97 Å². The Morgan fingerprint density at radius 3 is 2.08 bits per heavy atom. The number of thiocarbonyl (C=S) groups is 1. The van der Waals surface area contributed by atoms with E-state index < -0.39 is 49.6 Å². The first-order chi connectivity index (χ1) is 12.2. The average molecular weight is 405 g/mol. The van der Waals surface area contributed by atoms with E-state index in [1.807, 2.05) is 0 Å². The largest absolute Gasteiger partial charge is 0.480 e. The summed E-state index contributed by atoms with van der Waals surface area (Å²) in [7, 11) is 0. The minimum Gasteiger partial charge on any atom is -0.480 e. The highest BCUT2D eigenvalue weighted by Crippen LogP contribution is 2.15. The van der Waals surface area contributed by atoms with E-state index in [2.05, 4.69) is 12.6 Å². The molecule has 0 fully saturated rings. The molecule has 4 unspecified atom stereocenters. The van der Waals surface area contributed by atoms with Crippen molar-refractivity contribution in [3.8, 4) is 0 Å². The standard InChI is InChI=1S/C16H23NO7S2/c18-8-12(20)14(22)13(21)11(19)7-17(16(25)26)10(15(23)24)6-9-4-2-1-3-5-9/h1-5,10-14,18-22H,6-8H2,(H,23,24)(H,25,26)/t10-,11?,12?,13?,14?/m0/s1. The third-order valence-electron chi connectivity index (χ3n) is 3.89. The molecule has 0 aromatic heterocycles. The molecule has 1 rings (SSSR count). The third kappa shape index (κ3) is 6.47. The van der Waals surface area contributed by atoms with Crippen LogP contribution in [0.15, 0.2) is 30.3 Å². The zero-order chi connectivity index (χ0) is 19.9. The lowest BCUT2D eigenvalue weighted by atomic mass is 10.0. The molecular formula is C16H23NO7S2. The van der Waals surface area contributed by atoms with Crippen LogP contribution in [0.2, 0.25) is 0 Å². The number of nitrogens with zero attached hydrogens (tertiary/aromatic N) is 1. The lowest BCUT2D eigenvalue weighted by Crippen LogP contribution is -2.53. The molecule has 0 radical (unpaired) electrons. The highest BCUT2D eigenvalue weighted by atomic mass is 32.1. The van der Waals surface area contributed by atoms with Gasteiger partial charge in [-0.3, -0.25) is 0 Å². The summed E-state index contributed by atoms with van der Waals surface area (Å²) in [4.78, 5) is 12.8. The second-order valence-electron chi connectivity index (χ2n) is 5.78. The third-order valence-corrected chi connectivity index (χ3v) is 4.38. The van der Waals surface area contributed by atoms with Gasteiger partial charge in [-0.05, 0) is 5.56 Å². The molecule has 26 heavy (non-hydrogen) atoms. The first-order valence-electron chi connectivity index (χ1n) is 7.78. The fourth-order valence-electron chi connectivity index (χ4n) is 2.38. The van der Waals surface area contributed by atoms with Gasteiger partial charge in [0.15, 0.2) is 0 Å². The number of aliphatic hydroxyl groups excluding tert-OH is 5. The summed E-state index contributed by atoms with van der Waals surface area (Å²) in [5.74, 6) is -1.21. The van der Waals surface area contributed by atoms with Crippen molar-refractivity contribution in [2.24, 2.45) is 0 Å². The molecular weight excluding hydrogens is 382 g/mol. The molecule has 0 aliphatic rings. The molecule has 0 saturated carbocycles. The molecule has 8 nitrogen and oxygen atoms in total. The highest BCUT2D eigenvalue weighted by Gasteiger charge is 2.34. The Kier molecular flexibility index (Phi) is 9.44. The second kappa shape index (κ2) is 10.8. The van der Waals surface area contributed by atoms with Crippen molar-refractivity contribution in [2.75, 3.05) is 13.2 Å². The first-order valence-corrected chi connectivity index (χ1v) is 8.64. The van der Waals surface area contributed by atoms with Gasteiger partial charge in [-0.1, -0.05) is 42.5 Å². The van der Waals surface area contributed by atoms with E-state index in [0.717, 1.165) is 10.5 Å². The van der Waals surface area contributed by atoms with Crippen LogP contribution in [0.5, 0.6) is 0 Å². The summed E-state index contributed by atoms with van der Waals surface area (Å²) in [6.45, 7) is -1.26. The first kappa shape index (κ1) is 22.8. The van der Waals surface area contributed by atoms with Gasteiger partial charge in [0.05, 0.1) is 6.61 Å². The number of carboxylic acids is 1. The van der Waals surface area contributed by atoms with Crippen LogP contribution in [0.1, 0.15) is 5.56 Å². The predicted octanol–water partition coefficient (Wildman–Crippen LogP) is -1.37. The number of aliphatic carboxylic acids is 1. The van der Waals surface area contributed by atoms with Crippen LogP contribution >= 0.6 is 24.8 Å². The SMILES string of the molecule is O=C(O)[C@H](Cc1ccccc1)N(CC(O)C(O)C(O)C(O)CO)C(=S)S. The Morgan fingerprint density at radius 1 is 1.08 bits per heavy atom. The van der Waals surface area contributed by atoms with Crippen LogP contribution in [0, 0.1) is 0 Å². The summed E-state index contributed by atoms with van der Waals surface area (Å²) in [5.41, 5.74) is 0.722. The van der Waals surface area contributed by atoms with E-state index >= 15 is 0 Å². The van der Waals surface area contributed by atoms with E-state index in [4.69, 9.17) is 17.3 Å². The minimum atomic E-state index is -1.83. The summed E-state index contributed by atoms with van der Waals surface area (Å²) in [6.07, 6.45) is -6.87. The van der Waals surface area contributed by atoms with E-state index in [1.54, 1.807) is 30.3 Å². The molecule has 1 aromatic rings. The maximum absolute atomic E-state index is 11.7. The molecule has 1 aromatic carbocycles.